The van der Waals surface area contributed by atoms with Crippen molar-refractivity contribution in [1.29, 1.82) is 5.26 Å². The number of halogens is 1. The SMILES string of the molecule is N#Cc1c(Cl)cccc1N1CCOCC1CO. The van der Waals surface area contributed by atoms with Gasteiger partial charge in [-0.3, -0.25) is 0 Å². The molecular formula is C12H13ClN2O2. The Hall–Kier alpha value is -1.28. The molecule has 2 rings (SSSR count). The summed E-state index contributed by atoms with van der Waals surface area (Å²) in [5.74, 6) is 0. The van der Waals surface area contributed by atoms with Crippen LogP contribution in [0, 0.1) is 11.3 Å². The number of aliphatic hydroxyl groups is 1. The fourth-order valence-electron chi connectivity index (χ4n) is 1.99. The van der Waals surface area contributed by atoms with Gasteiger partial charge in [-0.1, -0.05) is 17.7 Å². The van der Waals surface area contributed by atoms with E-state index in [0.717, 1.165) is 5.69 Å². The Bertz CT molecular complexity index is 445. The molecule has 4 nitrogen and oxygen atoms in total. The van der Waals surface area contributed by atoms with Gasteiger partial charge in [-0.2, -0.15) is 5.26 Å². The number of anilines is 1. The van der Waals surface area contributed by atoms with Crippen LogP contribution < -0.4 is 4.90 Å². The fraction of sp³-hybridized carbons (Fsp3) is 0.417. The van der Waals surface area contributed by atoms with Gasteiger partial charge in [0, 0.05) is 6.54 Å². The normalized spacial score (nSPS) is 20.1. The molecule has 90 valence electrons. The lowest BCUT2D eigenvalue weighted by Gasteiger charge is -2.36. The molecule has 0 spiro atoms. The molecule has 5 heteroatoms. The maximum Gasteiger partial charge on any atom is 0.103 e. The first-order chi connectivity index (χ1) is 8.27. The van der Waals surface area contributed by atoms with Crippen molar-refractivity contribution in [2.24, 2.45) is 0 Å². The second-order valence-corrected chi connectivity index (χ2v) is 4.26. The molecule has 1 N–H and O–H groups in total. The predicted molar refractivity (Wildman–Crippen MR) is 65.2 cm³/mol. The molecule has 1 aromatic carbocycles. The second kappa shape index (κ2) is 5.37. The number of morpholine rings is 1. The highest BCUT2D eigenvalue weighted by Gasteiger charge is 2.25. The summed E-state index contributed by atoms with van der Waals surface area (Å²) in [7, 11) is 0. The van der Waals surface area contributed by atoms with Crippen molar-refractivity contribution < 1.29 is 9.84 Å². The van der Waals surface area contributed by atoms with Gasteiger partial charge >= 0.3 is 0 Å². The lowest BCUT2D eigenvalue weighted by molar-refractivity contribution is 0.0727. The number of aliphatic hydroxyl groups excluding tert-OH is 1. The molecule has 1 heterocycles. The molecule has 1 aliphatic rings. The quantitative estimate of drug-likeness (QED) is 0.865. The van der Waals surface area contributed by atoms with E-state index in [-0.39, 0.29) is 12.6 Å². The molecule has 0 radical (unpaired) electrons. The van der Waals surface area contributed by atoms with Crippen LogP contribution in [0.2, 0.25) is 5.02 Å². The molecule has 1 atom stereocenters. The zero-order chi connectivity index (χ0) is 12.3. The highest BCUT2D eigenvalue weighted by Crippen LogP contribution is 2.29. The first-order valence-electron chi connectivity index (χ1n) is 5.41. The summed E-state index contributed by atoms with van der Waals surface area (Å²) in [5, 5.41) is 18.9. The third-order valence-corrected chi connectivity index (χ3v) is 3.17. The Labute approximate surface area is 105 Å². The Morgan fingerprint density at radius 3 is 3.12 bits per heavy atom. The van der Waals surface area contributed by atoms with Crippen LogP contribution in [0.4, 0.5) is 5.69 Å². The van der Waals surface area contributed by atoms with Gasteiger partial charge in [-0.15, -0.1) is 0 Å². The second-order valence-electron chi connectivity index (χ2n) is 3.85. The molecular weight excluding hydrogens is 240 g/mol. The molecule has 1 aromatic rings. The van der Waals surface area contributed by atoms with Crippen molar-refractivity contribution in [2.75, 3.05) is 31.3 Å². The van der Waals surface area contributed by atoms with E-state index in [1.807, 2.05) is 17.0 Å². The molecule has 0 bridgehead atoms. The number of rotatable bonds is 2. The minimum absolute atomic E-state index is 0.00260. The third-order valence-electron chi connectivity index (χ3n) is 2.85. The van der Waals surface area contributed by atoms with E-state index in [1.165, 1.54) is 0 Å². The van der Waals surface area contributed by atoms with E-state index in [0.29, 0.717) is 30.3 Å². The van der Waals surface area contributed by atoms with Crippen molar-refractivity contribution >= 4 is 17.3 Å². The molecule has 1 unspecified atom stereocenters. The zero-order valence-corrected chi connectivity index (χ0v) is 10.0. The number of ether oxygens (including phenoxy) is 1. The van der Waals surface area contributed by atoms with Gasteiger partial charge in [-0.25, -0.2) is 0 Å². The van der Waals surface area contributed by atoms with Crippen LogP contribution in [-0.4, -0.2) is 37.5 Å². The van der Waals surface area contributed by atoms with Gasteiger partial charge < -0.3 is 14.7 Å². The first-order valence-corrected chi connectivity index (χ1v) is 5.79. The van der Waals surface area contributed by atoms with E-state index in [1.54, 1.807) is 6.07 Å². The summed E-state index contributed by atoms with van der Waals surface area (Å²) in [6.07, 6.45) is 0. The largest absolute Gasteiger partial charge is 0.394 e. The first kappa shape index (κ1) is 12.2. The molecule has 1 aliphatic heterocycles. The van der Waals surface area contributed by atoms with Crippen molar-refractivity contribution in [3.63, 3.8) is 0 Å². The smallest absolute Gasteiger partial charge is 0.103 e. The van der Waals surface area contributed by atoms with Gasteiger partial charge in [-0.05, 0) is 12.1 Å². The van der Waals surface area contributed by atoms with Crippen molar-refractivity contribution in [3.8, 4) is 6.07 Å². The number of nitriles is 1. The summed E-state index contributed by atoms with van der Waals surface area (Å²) in [6.45, 7) is 1.71. The van der Waals surface area contributed by atoms with Gasteiger partial charge in [0.15, 0.2) is 0 Å². The minimum atomic E-state index is -0.116. The molecule has 1 fully saturated rings. The number of benzene rings is 1. The minimum Gasteiger partial charge on any atom is -0.394 e. The van der Waals surface area contributed by atoms with Gasteiger partial charge in [0.1, 0.15) is 6.07 Å². The van der Waals surface area contributed by atoms with Crippen LogP contribution in [0.5, 0.6) is 0 Å². The maximum atomic E-state index is 9.32. The van der Waals surface area contributed by atoms with E-state index < -0.39 is 0 Å². The Morgan fingerprint density at radius 2 is 2.41 bits per heavy atom. The number of hydrogen-bond donors (Lipinski definition) is 1. The van der Waals surface area contributed by atoms with Gasteiger partial charge in [0.2, 0.25) is 0 Å². The van der Waals surface area contributed by atoms with Gasteiger partial charge in [0.25, 0.3) is 0 Å². The average molecular weight is 253 g/mol. The third kappa shape index (κ3) is 2.37. The molecule has 0 aromatic heterocycles. The van der Waals surface area contributed by atoms with Crippen molar-refractivity contribution in [2.45, 2.75) is 6.04 Å². The highest BCUT2D eigenvalue weighted by atomic mass is 35.5. The van der Waals surface area contributed by atoms with Crippen LogP contribution in [0.1, 0.15) is 5.56 Å². The van der Waals surface area contributed by atoms with Crippen LogP contribution in [0.3, 0.4) is 0 Å². The van der Waals surface area contributed by atoms with E-state index in [2.05, 4.69) is 6.07 Å². The van der Waals surface area contributed by atoms with Crippen LogP contribution in [0.15, 0.2) is 18.2 Å². The molecule has 0 saturated carbocycles. The maximum absolute atomic E-state index is 9.32. The lowest BCUT2D eigenvalue weighted by atomic mass is 10.1. The molecule has 0 amide bonds. The highest BCUT2D eigenvalue weighted by molar-refractivity contribution is 6.32. The van der Waals surface area contributed by atoms with Crippen molar-refractivity contribution in [1.82, 2.24) is 0 Å². The average Bonchev–Trinajstić information content (AvgIpc) is 2.38. The van der Waals surface area contributed by atoms with E-state index >= 15 is 0 Å². The molecule has 1 saturated heterocycles. The molecule has 0 aliphatic carbocycles. The zero-order valence-electron chi connectivity index (χ0n) is 9.27. The van der Waals surface area contributed by atoms with Gasteiger partial charge in [0.05, 0.1) is 42.1 Å². The van der Waals surface area contributed by atoms with Crippen LogP contribution in [0.25, 0.3) is 0 Å². The standard InChI is InChI=1S/C12H13ClN2O2/c13-11-2-1-3-12(10(11)6-14)15-4-5-17-8-9(15)7-16/h1-3,9,16H,4-5,7-8H2. The Morgan fingerprint density at radius 1 is 1.59 bits per heavy atom. The number of nitrogens with zero attached hydrogens (tertiary/aromatic N) is 2. The van der Waals surface area contributed by atoms with Crippen LogP contribution >= 0.6 is 11.6 Å². The van der Waals surface area contributed by atoms with E-state index in [9.17, 15) is 5.11 Å². The fourth-order valence-corrected chi connectivity index (χ4v) is 2.20. The summed E-state index contributed by atoms with van der Waals surface area (Å²) < 4.78 is 5.31. The Kier molecular flexibility index (Phi) is 3.85. The topological polar surface area (TPSA) is 56.5 Å². The van der Waals surface area contributed by atoms with E-state index in [4.69, 9.17) is 21.6 Å². The summed E-state index contributed by atoms with van der Waals surface area (Å²) in [5.41, 5.74) is 1.22. The number of hydrogen-bond acceptors (Lipinski definition) is 4. The molecule has 17 heavy (non-hydrogen) atoms. The monoisotopic (exact) mass is 252 g/mol. The van der Waals surface area contributed by atoms with Crippen LogP contribution in [-0.2, 0) is 4.74 Å². The Balaban J connectivity index is 2.38. The predicted octanol–water partition coefficient (Wildman–Crippen LogP) is 1.41. The summed E-state index contributed by atoms with van der Waals surface area (Å²) >= 11 is 6.00. The van der Waals surface area contributed by atoms with Crippen molar-refractivity contribution in [3.05, 3.63) is 28.8 Å². The summed E-state index contributed by atoms with van der Waals surface area (Å²) in [4.78, 5) is 1.98. The lowest BCUT2D eigenvalue weighted by Crippen LogP contribution is -2.48. The summed E-state index contributed by atoms with van der Waals surface area (Å²) in [6, 6.07) is 7.34.